The number of phosphoric acid groups is 1. The van der Waals surface area contributed by atoms with Gasteiger partial charge in [0.15, 0.2) is 12.0 Å². The molecule has 1 unspecified atom stereocenters. The highest BCUT2D eigenvalue weighted by Crippen LogP contribution is 2.57. The molecule has 2 fully saturated rings. The van der Waals surface area contributed by atoms with E-state index in [1.807, 2.05) is 0 Å². The number of ether oxygens (including phenoxy) is 2. The lowest BCUT2D eigenvalue weighted by Gasteiger charge is -2.37. The lowest BCUT2D eigenvalue weighted by Crippen LogP contribution is -2.55. The number of carbonyl (C=O) groups is 3. The monoisotopic (exact) mass is 461 g/mol. The molecule has 1 amide bonds. The van der Waals surface area contributed by atoms with Crippen molar-refractivity contribution < 1.29 is 47.1 Å². The van der Waals surface area contributed by atoms with Crippen LogP contribution in [0.1, 0.15) is 40.5 Å². The van der Waals surface area contributed by atoms with Crippen molar-refractivity contribution in [2.75, 3.05) is 13.2 Å². The maximum absolute atomic E-state index is 12.9. The van der Waals surface area contributed by atoms with E-state index in [0.29, 0.717) is 0 Å². The van der Waals surface area contributed by atoms with Gasteiger partial charge in [0.1, 0.15) is 17.8 Å². The fourth-order valence-electron chi connectivity index (χ4n) is 3.50. The lowest BCUT2D eigenvalue weighted by atomic mass is 9.95. The van der Waals surface area contributed by atoms with Crippen molar-refractivity contribution >= 4 is 25.5 Å². The molecule has 0 aliphatic carbocycles. The van der Waals surface area contributed by atoms with Crippen LogP contribution in [-0.2, 0) is 42.0 Å². The SMILES string of the molecule is CC(C)OC(=O)C(C)CCO[P@@]1(=O)OC[C@H]2O[C@@H](N3C=CC(=O)CC3=O)[C@](C)(O)[C@@H]2O1. The molecule has 174 valence electrons. The van der Waals surface area contributed by atoms with Gasteiger partial charge >= 0.3 is 13.8 Å². The molecule has 0 aromatic heterocycles. The Hall–Kier alpha value is -1.62. The van der Waals surface area contributed by atoms with Crippen LogP contribution in [0.25, 0.3) is 0 Å². The summed E-state index contributed by atoms with van der Waals surface area (Å²) in [6.07, 6.45) is -0.929. The van der Waals surface area contributed by atoms with Gasteiger partial charge in [0.05, 0.1) is 31.7 Å². The van der Waals surface area contributed by atoms with Crippen molar-refractivity contribution in [2.45, 2.75) is 70.7 Å². The molecule has 11 nitrogen and oxygen atoms in total. The topological polar surface area (TPSA) is 138 Å². The van der Waals surface area contributed by atoms with Gasteiger partial charge in [0.25, 0.3) is 0 Å². The molecule has 0 bridgehead atoms. The fraction of sp³-hybridized carbons (Fsp3) is 0.737. The average molecular weight is 461 g/mol. The van der Waals surface area contributed by atoms with E-state index in [1.54, 1.807) is 20.8 Å². The molecule has 12 heteroatoms. The Labute approximate surface area is 180 Å². The average Bonchev–Trinajstić information content (AvgIpc) is 2.91. The number of ketones is 1. The molecular weight excluding hydrogens is 433 g/mol. The second kappa shape index (κ2) is 9.09. The van der Waals surface area contributed by atoms with Crippen LogP contribution in [0, 0.1) is 5.92 Å². The Bertz CT molecular complexity index is 810. The number of allylic oxidation sites excluding steroid dienone is 1. The van der Waals surface area contributed by atoms with E-state index in [2.05, 4.69) is 0 Å². The predicted octanol–water partition coefficient (Wildman–Crippen LogP) is 1.30. The van der Waals surface area contributed by atoms with Gasteiger partial charge < -0.3 is 14.6 Å². The number of nitrogens with zero attached hydrogens (tertiary/aromatic N) is 1. The van der Waals surface area contributed by atoms with Crippen LogP contribution < -0.4 is 0 Å². The zero-order valence-electron chi connectivity index (χ0n) is 17.9. The van der Waals surface area contributed by atoms with E-state index in [1.165, 1.54) is 19.2 Å². The standard InChI is InChI=1S/C19H28NO10P/c1-11(2)28-17(23)12(3)6-8-26-31(25)27-10-14-16(30-31)19(4,24)18(29-14)20-7-5-13(21)9-15(20)22/h5,7,11-12,14,16,18,24H,6,8-10H2,1-4H3/t12?,14-,16-,18-,19-,31+/m1/s1. The smallest absolute Gasteiger partial charge is 0.463 e. The van der Waals surface area contributed by atoms with Crippen molar-refractivity contribution in [3.8, 4) is 0 Å². The summed E-state index contributed by atoms with van der Waals surface area (Å²) in [6.45, 7) is 6.26. The largest absolute Gasteiger partial charge is 0.475 e. The first-order valence-corrected chi connectivity index (χ1v) is 11.6. The minimum Gasteiger partial charge on any atom is -0.463 e. The van der Waals surface area contributed by atoms with Gasteiger partial charge in [-0.05, 0) is 33.3 Å². The zero-order chi connectivity index (χ0) is 23.0. The summed E-state index contributed by atoms with van der Waals surface area (Å²) in [6, 6.07) is 0. The van der Waals surface area contributed by atoms with Crippen LogP contribution in [0.15, 0.2) is 12.3 Å². The van der Waals surface area contributed by atoms with Gasteiger partial charge in [-0.2, -0.15) is 0 Å². The van der Waals surface area contributed by atoms with Crippen molar-refractivity contribution in [1.29, 1.82) is 0 Å². The van der Waals surface area contributed by atoms with Crippen LogP contribution in [0.2, 0.25) is 0 Å². The Morgan fingerprint density at radius 1 is 1.39 bits per heavy atom. The van der Waals surface area contributed by atoms with Crippen LogP contribution in [0.3, 0.4) is 0 Å². The van der Waals surface area contributed by atoms with Crippen LogP contribution in [0.5, 0.6) is 0 Å². The highest BCUT2D eigenvalue weighted by Gasteiger charge is 2.61. The number of fused-ring (bicyclic) bond motifs is 1. The second-order valence-corrected chi connectivity index (χ2v) is 9.91. The lowest BCUT2D eigenvalue weighted by molar-refractivity contribution is -0.157. The zero-order valence-corrected chi connectivity index (χ0v) is 18.8. The van der Waals surface area contributed by atoms with Gasteiger partial charge in [-0.1, -0.05) is 6.92 Å². The quantitative estimate of drug-likeness (QED) is 0.335. The molecule has 1 N–H and O–H groups in total. The number of esters is 1. The molecule has 0 radical (unpaired) electrons. The first kappa shape index (κ1) is 24.0. The van der Waals surface area contributed by atoms with Gasteiger partial charge in [-0.25, -0.2) is 4.57 Å². The van der Waals surface area contributed by atoms with E-state index in [9.17, 15) is 24.1 Å². The molecule has 3 aliphatic heterocycles. The molecule has 0 aromatic carbocycles. The Kier molecular flexibility index (Phi) is 7.05. The van der Waals surface area contributed by atoms with Crippen molar-refractivity contribution in [3.63, 3.8) is 0 Å². The number of hydrogen-bond acceptors (Lipinski definition) is 10. The third kappa shape index (κ3) is 5.24. The summed E-state index contributed by atoms with van der Waals surface area (Å²) in [5, 5.41) is 11.0. The Morgan fingerprint density at radius 2 is 2.10 bits per heavy atom. The maximum atomic E-state index is 12.9. The summed E-state index contributed by atoms with van der Waals surface area (Å²) in [5.74, 6) is -1.75. The summed E-state index contributed by atoms with van der Waals surface area (Å²) in [4.78, 5) is 36.6. The molecule has 3 rings (SSSR count). The summed E-state index contributed by atoms with van der Waals surface area (Å²) >= 11 is 0. The molecule has 0 aromatic rings. The number of hydrogen-bond donors (Lipinski definition) is 1. The molecule has 0 spiro atoms. The fourth-order valence-corrected chi connectivity index (χ4v) is 4.99. The van der Waals surface area contributed by atoms with Gasteiger partial charge in [-0.15, -0.1) is 0 Å². The van der Waals surface area contributed by atoms with Gasteiger partial charge in [0.2, 0.25) is 5.91 Å². The molecule has 6 atom stereocenters. The van der Waals surface area contributed by atoms with E-state index in [-0.39, 0.29) is 37.9 Å². The van der Waals surface area contributed by atoms with E-state index in [0.717, 1.165) is 4.90 Å². The normalized spacial score (nSPS) is 36.6. The van der Waals surface area contributed by atoms with E-state index >= 15 is 0 Å². The Morgan fingerprint density at radius 3 is 2.74 bits per heavy atom. The van der Waals surface area contributed by atoms with Crippen molar-refractivity contribution in [3.05, 3.63) is 12.3 Å². The minimum atomic E-state index is -4.04. The predicted molar refractivity (Wildman–Crippen MR) is 104 cm³/mol. The molecule has 0 saturated carbocycles. The van der Waals surface area contributed by atoms with Gasteiger partial charge in [-0.3, -0.25) is 32.9 Å². The van der Waals surface area contributed by atoms with E-state index in [4.69, 9.17) is 23.0 Å². The van der Waals surface area contributed by atoms with E-state index < -0.39 is 49.7 Å². The summed E-state index contributed by atoms with van der Waals surface area (Å²) in [5.41, 5.74) is -1.75. The Balaban J connectivity index is 1.61. The highest BCUT2D eigenvalue weighted by atomic mass is 31.2. The second-order valence-electron chi connectivity index (χ2n) is 8.29. The maximum Gasteiger partial charge on any atom is 0.475 e. The third-order valence-corrected chi connectivity index (χ3v) is 6.65. The number of amides is 1. The van der Waals surface area contributed by atoms with Crippen LogP contribution >= 0.6 is 7.82 Å². The number of aliphatic hydroxyl groups is 1. The minimum absolute atomic E-state index is 0.0923. The molecule has 3 aliphatic rings. The number of phosphoric ester groups is 1. The summed E-state index contributed by atoms with van der Waals surface area (Å²) in [7, 11) is -4.04. The van der Waals surface area contributed by atoms with Gasteiger partial charge in [0, 0.05) is 6.20 Å². The summed E-state index contributed by atoms with van der Waals surface area (Å²) < 4.78 is 39.8. The number of carbonyl (C=O) groups excluding carboxylic acids is 3. The van der Waals surface area contributed by atoms with Crippen LogP contribution in [-0.4, -0.2) is 71.0 Å². The molecule has 2 saturated heterocycles. The van der Waals surface area contributed by atoms with Crippen LogP contribution in [0.4, 0.5) is 0 Å². The first-order chi connectivity index (χ1) is 14.4. The first-order valence-electron chi connectivity index (χ1n) is 10.1. The third-order valence-electron chi connectivity index (χ3n) is 5.20. The molecular formula is C19H28NO10P. The molecule has 31 heavy (non-hydrogen) atoms. The molecule has 3 heterocycles. The highest BCUT2D eigenvalue weighted by molar-refractivity contribution is 7.48. The number of rotatable bonds is 7. The van der Waals surface area contributed by atoms with Crippen molar-refractivity contribution in [1.82, 2.24) is 4.90 Å². The van der Waals surface area contributed by atoms with Crippen molar-refractivity contribution in [2.24, 2.45) is 5.92 Å².